The van der Waals surface area contributed by atoms with E-state index in [4.69, 9.17) is 0 Å². The van der Waals surface area contributed by atoms with Crippen molar-refractivity contribution in [1.82, 2.24) is 10.2 Å². The predicted molar refractivity (Wildman–Crippen MR) is 79.2 cm³/mol. The van der Waals surface area contributed by atoms with Gasteiger partial charge in [-0.2, -0.15) is 0 Å². The SMILES string of the molecule is CC(CNCc1cccc(F)c1O)CN1CCCCC1. The molecule has 1 saturated heterocycles. The van der Waals surface area contributed by atoms with Gasteiger partial charge in [0.25, 0.3) is 0 Å². The van der Waals surface area contributed by atoms with Crippen molar-refractivity contribution >= 4 is 0 Å². The molecule has 0 aromatic heterocycles. The number of nitrogens with one attached hydrogen (secondary N) is 1. The second kappa shape index (κ2) is 7.60. The number of phenolic OH excluding ortho intramolecular Hbond substituents is 1. The van der Waals surface area contributed by atoms with E-state index in [2.05, 4.69) is 17.1 Å². The minimum Gasteiger partial charge on any atom is -0.505 e. The maximum atomic E-state index is 13.2. The Kier molecular flexibility index (Phi) is 5.80. The summed E-state index contributed by atoms with van der Waals surface area (Å²) in [7, 11) is 0. The molecular weight excluding hydrogens is 255 g/mol. The number of para-hydroxylation sites is 1. The summed E-state index contributed by atoms with van der Waals surface area (Å²) in [6.45, 7) is 7.17. The lowest BCUT2D eigenvalue weighted by Crippen LogP contribution is -2.36. The van der Waals surface area contributed by atoms with Crippen molar-refractivity contribution in [2.45, 2.75) is 32.7 Å². The number of halogens is 1. The summed E-state index contributed by atoms with van der Waals surface area (Å²) in [6.07, 6.45) is 4.00. The number of likely N-dealkylation sites (tertiary alicyclic amines) is 1. The van der Waals surface area contributed by atoms with Crippen LogP contribution in [0.3, 0.4) is 0 Å². The highest BCUT2D eigenvalue weighted by Crippen LogP contribution is 2.20. The molecule has 1 aromatic rings. The zero-order valence-electron chi connectivity index (χ0n) is 12.2. The lowest BCUT2D eigenvalue weighted by molar-refractivity contribution is 0.199. The van der Waals surface area contributed by atoms with Crippen molar-refractivity contribution in [2.24, 2.45) is 5.92 Å². The van der Waals surface area contributed by atoms with Crippen molar-refractivity contribution in [2.75, 3.05) is 26.2 Å². The van der Waals surface area contributed by atoms with Crippen LogP contribution in [-0.4, -0.2) is 36.2 Å². The quantitative estimate of drug-likeness (QED) is 0.841. The normalized spacial score (nSPS) is 18.1. The first-order chi connectivity index (χ1) is 9.66. The number of nitrogens with zero attached hydrogens (tertiary/aromatic N) is 1. The van der Waals surface area contributed by atoms with E-state index in [1.807, 2.05) is 0 Å². The zero-order chi connectivity index (χ0) is 14.4. The molecule has 0 bridgehead atoms. The number of hydrogen-bond donors (Lipinski definition) is 2. The third kappa shape index (κ3) is 4.46. The standard InChI is InChI=1S/C16H25FN2O/c1-13(12-19-8-3-2-4-9-19)10-18-11-14-6-5-7-15(17)16(14)20/h5-7,13,18,20H,2-4,8-12H2,1H3. The molecule has 0 radical (unpaired) electrons. The third-order valence-corrected chi connectivity index (χ3v) is 3.90. The lowest BCUT2D eigenvalue weighted by atomic mass is 10.1. The van der Waals surface area contributed by atoms with Gasteiger partial charge in [0.05, 0.1) is 0 Å². The topological polar surface area (TPSA) is 35.5 Å². The third-order valence-electron chi connectivity index (χ3n) is 3.90. The summed E-state index contributed by atoms with van der Waals surface area (Å²) in [5.41, 5.74) is 0.621. The highest BCUT2D eigenvalue weighted by Gasteiger charge is 2.13. The van der Waals surface area contributed by atoms with Crippen LogP contribution in [0.5, 0.6) is 5.75 Å². The fraction of sp³-hybridized carbons (Fsp3) is 0.625. The Morgan fingerprint density at radius 1 is 1.30 bits per heavy atom. The molecule has 1 atom stereocenters. The van der Waals surface area contributed by atoms with Gasteiger partial charge in [-0.05, 0) is 44.5 Å². The fourth-order valence-electron chi connectivity index (χ4n) is 2.80. The minimum atomic E-state index is -0.550. The molecule has 1 aliphatic heterocycles. The summed E-state index contributed by atoms with van der Waals surface area (Å²) in [6, 6.07) is 4.65. The smallest absolute Gasteiger partial charge is 0.165 e. The summed E-state index contributed by atoms with van der Waals surface area (Å²) in [5, 5.41) is 12.9. The highest BCUT2D eigenvalue weighted by atomic mass is 19.1. The van der Waals surface area contributed by atoms with Crippen molar-refractivity contribution in [3.63, 3.8) is 0 Å². The second-order valence-corrected chi connectivity index (χ2v) is 5.84. The van der Waals surface area contributed by atoms with Crippen LogP contribution in [0.4, 0.5) is 4.39 Å². The van der Waals surface area contributed by atoms with E-state index in [9.17, 15) is 9.50 Å². The first-order valence-electron chi connectivity index (χ1n) is 7.56. The van der Waals surface area contributed by atoms with E-state index in [1.165, 1.54) is 38.4 Å². The van der Waals surface area contributed by atoms with Crippen LogP contribution >= 0.6 is 0 Å². The first kappa shape index (κ1) is 15.3. The summed E-state index contributed by atoms with van der Waals surface area (Å²) >= 11 is 0. The summed E-state index contributed by atoms with van der Waals surface area (Å²) < 4.78 is 13.2. The lowest BCUT2D eigenvalue weighted by Gasteiger charge is -2.29. The first-order valence-corrected chi connectivity index (χ1v) is 7.56. The van der Waals surface area contributed by atoms with Gasteiger partial charge in [-0.1, -0.05) is 25.5 Å². The molecule has 1 aliphatic rings. The van der Waals surface area contributed by atoms with Crippen LogP contribution in [0.1, 0.15) is 31.7 Å². The highest BCUT2D eigenvalue weighted by molar-refractivity contribution is 5.33. The van der Waals surface area contributed by atoms with E-state index >= 15 is 0 Å². The fourth-order valence-corrected chi connectivity index (χ4v) is 2.80. The molecule has 20 heavy (non-hydrogen) atoms. The summed E-state index contributed by atoms with van der Waals surface area (Å²) in [5.74, 6) is -0.224. The number of phenols is 1. The van der Waals surface area contributed by atoms with Crippen LogP contribution in [0, 0.1) is 11.7 Å². The van der Waals surface area contributed by atoms with Crippen molar-refractivity contribution in [1.29, 1.82) is 0 Å². The Morgan fingerprint density at radius 2 is 2.05 bits per heavy atom. The van der Waals surface area contributed by atoms with E-state index < -0.39 is 5.82 Å². The number of aromatic hydroxyl groups is 1. The maximum absolute atomic E-state index is 13.2. The minimum absolute atomic E-state index is 0.233. The van der Waals surface area contributed by atoms with Gasteiger partial charge in [0.15, 0.2) is 11.6 Å². The van der Waals surface area contributed by atoms with Gasteiger partial charge in [0.2, 0.25) is 0 Å². The van der Waals surface area contributed by atoms with Crippen LogP contribution in [-0.2, 0) is 6.54 Å². The molecule has 2 N–H and O–H groups in total. The van der Waals surface area contributed by atoms with Gasteiger partial charge in [0, 0.05) is 18.7 Å². The van der Waals surface area contributed by atoms with Gasteiger partial charge in [0.1, 0.15) is 0 Å². The predicted octanol–water partition coefficient (Wildman–Crippen LogP) is 2.74. The molecule has 0 aliphatic carbocycles. The van der Waals surface area contributed by atoms with Crippen LogP contribution in [0.15, 0.2) is 18.2 Å². The Bertz CT molecular complexity index is 419. The van der Waals surface area contributed by atoms with Crippen LogP contribution in [0.25, 0.3) is 0 Å². The number of hydrogen-bond acceptors (Lipinski definition) is 3. The van der Waals surface area contributed by atoms with Gasteiger partial charge >= 0.3 is 0 Å². The van der Waals surface area contributed by atoms with Crippen LogP contribution in [0.2, 0.25) is 0 Å². The molecule has 1 fully saturated rings. The molecule has 3 nitrogen and oxygen atoms in total. The van der Waals surface area contributed by atoms with Crippen molar-refractivity contribution < 1.29 is 9.50 Å². The molecule has 0 saturated carbocycles. The van der Waals surface area contributed by atoms with E-state index in [0.717, 1.165) is 13.1 Å². The average molecular weight is 280 g/mol. The second-order valence-electron chi connectivity index (χ2n) is 5.84. The molecule has 0 amide bonds. The maximum Gasteiger partial charge on any atom is 0.165 e. The van der Waals surface area contributed by atoms with Gasteiger partial charge in [-0.15, -0.1) is 0 Å². The molecule has 1 unspecified atom stereocenters. The molecule has 112 valence electrons. The molecule has 1 heterocycles. The van der Waals surface area contributed by atoms with E-state index in [-0.39, 0.29) is 5.75 Å². The molecule has 1 aromatic carbocycles. The zero-order valence-corrected chi connectivity index (χ0v) is 12.2. The van der Waals surface area contributed by atoms with Gasteiger partial charge in [-0.25, -0.2) is 4.39 Å². The Labute approximate surface area is 120 Å². The Balaban J connectivity index is 1.70. The van der Waals surface area contributed by atoms with E-state index in [1.54, 1.807) is 12.1 Å². The molecule has 0 spiro atoms. The van der Waals surface area contributed by atoms with E-state index in [0.29, 0.717) is 18.0 Å². The number of benzene rings is 1. The largest absolute Gasteiger partial charge is 0.505 e. The van der Waals surface area contributed by atoms with Gasteiger partial charge in [-0.3, -0.25) is 0 Å². The number of rotatable bonds is 6. The monoisotopic (exact) mass is 280 g/mol. The molecule has 2 rings (SSSR count). The van der Waals surface area contributed by atoms with Crippen LogP contribution < -0.4 is 5.32 Å². The Morgan fingerprint density at radius 3 is 2.80 bits per heavy atom. The average Bonchev–Trinajstić information content (AvgIpc) is 2.44. The van der Waals surface area contributed by atoms with Crippen molar-refractivity contribution in [3.8, 4) is 5.75 Å². The van der Waals surface area contributed by atoms with Crippen molar-refractivity contribution in [3.05, 3.63) is 29.6 Å². The molecular formula is C16H25FN2O. The number of piperidine rings is 1. The van der Waals surface area contributed by atoms with Gasteiger partial charge < -0.3 is 15.3 Å². The molecule has 4 heteroatoms. The Hall–Kier alpha value is -1.13. The summed E-state index contributed by atoms with van der Waals surface area (Å²) in [4.78, 5) is 2.52.